The van der Waals surface area contributed by atoms with E-state index in [1.807, 2.05) is 0 Å². The highest BCUT2D eigenvalue weighted by molar-refractivity contribution is 7.98. The number of para-hydroxylation sites is 2. The van der Waals surface area contributed by atoms with Crippen molar-refractivity contribution in [3.05, 3.63) is 41.2 Å². The number of aromatic nitrogens is 2. The van der Waals surface area contributed by atoms with E-state index in [9.17, 15) is 9.59 Å². The zero-order valence-corrected chi connectivity index (χ0v) is 15.4. The van der Waals surface area contributed by atoms with E-state index < -0.39 is 18.0 Å². The number of hydrogen-bond acceptors (Lipinski definition) is 7. The summed E-state index contributed by atoms with van der Waals surface area (Å²) in [5.41, 5.74) is 0.389. The van der Waals surface area contributed by atoms with Crippen LogP contribution in [0.15, 0.2) is 35.6 Å². The monoisotopic (exact) mass is 381 g/mol. The second-order valence-corrected chi connectivity index (χ2v) is 5.97. The molecule has 0 aliphatic rings. The molecule has 1 N–H and O–H groups in total. The quantitative estimate of drug-likeness (QED) is 0.467. The normalized spacial score (nSPS) is 11.5. The molecular formula is C16H16ClN3O4S. The van der Waals surface area contributed by atoms with Gasteiger partial charge >= 0.3 is 5.97 Å². The van der Waals surface area contributed by atoms with Crippen molar-refractivity contribution in [3.63, 3.8) is 0 Å². The summed E-state index contributed by atoms with van der Waals surface area (Å²) in [6.07, 6.45) is 2.03. The maximum Gasteiger partial charge on any atom is 0.359 e. The molecule has 0 aliphatic carbocycles. The lowest BCUT2D eigenvalue weighted by molar-refractivity contribution is -0.123. The first-order valence-corrected chi connectivity index (χ1v) is 8.78. The van der Waals surface area contributed by atoms with Crippen molar-refractivity contribution in [1.82, 2.24) is 9.97 Å². The van der Waals surface area contributed by atoms with Crippen LogP contribution in [0.25, 0.3) is 0 Å². The van der Waals surface area contributed by atoms with Gasteiger partial charge in [0, 0.05) is 0 Å². The van der Waals surface area contributed by atoms with Crippen LogP contribution in [0.4, 0.5) is 5.69 Å². The number of amides is 1. The van der Waals surface area contributed by atoms with Crippen molar-refractivity contribution in [3.8, 4) is 5.75 Å². The number of anilines is 1. The van der Waals surface area contributed by atoms with E-state index in [4.69, 9.17) is 21.1 Å². The number of carbonyl (C=O) groups is 2. The first kappa shape index (κ1) is 19.0. The molecular weight excluding hydrogens is 366 g/mol. The first-order valence-electron chi connectivity index (χ1n) is 7.17. The molecule has 0 radical (unpaired) electrons. The number of ether oxygens (including phenoxy) is 2. The highest BCUT2D eigenvalue weighted by Gasteiger charge is 2.23. The number of thioether (sulfide) groups is 1. The van der Waals surface area contributed by atoms with Crippen LogP contribution in [0.5, 0.6) is 5.75 Å². The number of hydrogen-bond donors (Lipinski definition) is 1. The Morgan fingerprint density at radius 1 is 1.32 bits per heavy atom. The van der Waals surface area contributed by atoms with Gasteiger partial charge in [0.1, 0.15) is 5.75 Å². The van der Waals surface area contributed by atoms with E-state index in [2.05, 4.69) is 15.3 Å². The van der Waals surface area contributed by atoms with E-state index in [1.54, 1.807) is 30.5 Å². The topological polar surface area (TPSA) is 90.4 Å². The third kappa shape index (κ3) is 4.83. The fourth-order valence-corrected chi connectivity index (χ4v) is 2.35. The minimum Gasteiger partial charge on any atom is -0.495 e. The number of esters is 1. The van der Waals surface area contributed by atoms with Crippen LogP contribution in [0.2, 0.25) is 5.02 Å². The van der Waals surface area contributed by atoms with E-state index in [1.165, 1.54) is 32.0 Å². The largest absolute Gasteiger partial charge is 0.495 e. The number of nitrogens with zero attached hydrogens (tertiary/aromatic N) is 2. The average molecular weight is 382 g/mol. The molecule has 0 spiro atoms. The Bertz CT molecular complexity index is 788. The van der Waals surface area contributed by atoms with Gasteiger partial charge in [-0.05, 0) is 25.3 Å². The van der Waals surface area contributed by atoms with Crippen LogP contribution in [0.1, 0.15) is 17.4 Å². The molecule has 0 unspecified atom stereocenters. The van der Waals surface area contributed by atoms with Crippen LogP contribution in [-0.2, 0) is 9.53 Å². The van der Waals surface area contributed by atoms with Gasteiger partial charge in [0.25, 0.3) is 5.91 Å². The predicted molar refractivity (Wildman–Crippen MR) is 95.3 cm³/mol. The Labute approximate surface area is 154 Å². The Kier molecular flexibility index (Phi) is 6.60. The van der Waals surface area contributed by atoms with Gasteiger partial charge in [-0.15, -0.1) is 0 Å². The maximum absolute atomic E-state index is 12.2. The molecule has 0 saturated heterocycles. The Balaban J connectivity index is 2.07. The minimum absolute atomic E-state index is 0.0557. The van der Waals surface area contributed by atoms with Crippen molar-refractivity contribution < 1.29 is 19.1 Å². The molecule has 7 nitrogen and oxygen atoms in total. The van der Waals surface area contributed by atoms with Gasteiger partial charge in [-0.1, -0.05) is 35.5 Å². The maximum atomic E-state index is 12.2. The van der Waals surface area contributed by atoms with Gasteiger partial charge in [-0.25, -0.2) is 14.8 Å². The first-order chi connectivity index (χ1) is 12.0. The number of methoxy groups -OCH3 is 1. The van der Waals surface area contributed by atoms with Crippen molar-refractivity contribution in [2.24, 2.45) is 0 Å². The van der Waals surface area contributed by atoms with Gasteiger partial charge in [0.05, 0.1) is 24.0 Å². The van der Waals surface area contributed by atoms with Gasteiger partial charge in [-0.3, -0.25) is 4.79 Å². The van der Waals surface area contributed by atoms with E-state index >= 15 is 0 Å². The predicted octanol–water partition coefficient (Wildman–Crippen LogP) is 3.04. The van der Waals surface area contributed by atoms with E-state index in [-0.39, 0.29) is 10.7 Å². The van der Waals surface area contributed by atoms with Crippen LogP contribution in [-0.4, -0.2) is 41.3 Å². The Hall–Kier alpha value is -2.32. The second kappa shape index (κ2) is 8.68. The summed E-state index contributed by atoms with van der Waals surface area (Å²) in [6.45, 7) is 1.45. The number of rotatable bonds is 6. The standard InChI is InChI=1S/C16H16ClN3O4S/c1-9(14(21)19-11-6-4-5-7-12(11)23-2)24-15(22)13-10(17)8-18-16(20-13)25-3/h4-9H,1-3H3,(H,19,21)/t9-/m0/s1. The van der Waals surface area contributed by atoms with Gasteiger partial charge in [-0.2, -0.15) is 0 Å². The van der Waals surface area contributed by atoms with Crippen molar-refractivity contribution in [2.75, 3.05) is 18.7 Å². The molecule has 1 aromatic heterocycles. The third-order valence-electron chi connectivity index (χ3n) is 3.12. The molecule has 0 aliphatic heterocycles. The molecule has 0 fully saturated rings. The molecule has 2 aromatic rings. The summed E-state index contributed by atoms with van der Waals surface area (Å²) < 4.78 is 10.3. The van der Waals surface area contributed by atoms with Crippen LogP contribution < -0.4 is 10.1 Å². The summed E-state index contributed by atoms with van der Waals surface area (Å²) in [6, 6.07) is 6.91. The molecule has 0 saturated carbocycles. The van der Waals surface area contributed by atoms with Crippen molar-refractivity contribution in [1.29, 1.82) is 0 Å². The average Bonchev–Trinajstić information content (AvgIpc) is 2.62. The lowest BCUT2D eigenvalue weighted by Crippen LogP contribution is -2.30. The molecule has 132 valence electrons. The molecule has 1 atom stereocenters. The van der Waals surface area contributed by atoms with E-state index in [0.29, 0.717) is 16.6 Å². The molecule has 25 heavy (non-hydrogen) atoms. The highest BCUT2D eigenvalue weighted by Crippen LogP contribution is 2.23. The zero-order valence-electron chi connectivity index (χ0n) is 13.8. The molecule has 1 aromatic carbocycles. The summed E-state index contributed by atoms with van der Waals surface area (Å²) >= 11 is 7.19. The highest BCUT2D eigenvalue weighted by atomic mass is 35.5. The number of halogens is 1. The zero-order chi connectivity index (χ0) is 18.4. The molecule has 1 heterocycles. The van der Waals surface area contributed by atoms with Gasteiger partial charge < -0.3 is 14.8 Å². The fraction of sp³-hybridized carbons (Fsp3) is 0.250. The number of benzene rings is 1. The summed E-state index contributed by atoms with van der Waals surface area (Å²) in [7, 11) is 1.49. The fourth-order valence-electron chi connectivity index (χ4n) is 1.84. The van der Waals surface area contributed by atoms with Gasteiger partial charge in [0.2, 0.25) is 0 Å². The lowest BCUT2D eigenvalue weighted by atomic mass is 10.2. The van der Waals surface area contributed by atoms with Gasteiger partial charge in [0.15, 0.2) is 17.0 Å². The van der Waals surface area contributed by atoms with E-state index in [0.717, 1.165) is 0 Å². The second-order valence-electron chi connectivity index (χ2n) is 4.79. The molecule has 9 heteroatoms. The van der Waals surface area contributed by atoms with Crippen LogP contribution in [0.3, 0.4) is 0 Å². The molecule has 1 amide bonds. The number of nitrogens with one attached hydrogen (secondary N) is 1. The smallest absolute Gasteiger partial charge is 0.359 e. The minimum atomic E-state index is -1.05. The van der Waals surface area contributed by atoms with Crippen molar-refractivity contribution in [2.45, 2.75) is 18.2 Å². The third-order valence-corrected chi connectivity index (χ3v) is 3.95. The molecule has 2 rings (SSSR count). The summed E-state index contributed by atoms with van der Waals surface area (Å²) in [4.78, 5) is 32.4. The lowest BCUT2D eigenvalue weighted by Gasteiger charge is -2.15. The van der Waals surface area contributed by atoms with Crippen molar-refractivity contribution >= 4 is 40.9 Å². The SMILES string of the molecule is COc1ccccc1NC(=O)[C@H](C)OC(=O)c1nc(SC)ncc1Cl. The van der Waals surface area contributed by atoms with Crippen LogP contribution in [0, 0.1) is 0 Å². The summed E-state index contributed by atoms with van der Waals surface area (Å²) in [5, 5.41) is 3.08. The Morgan fingerprint density at radius 2 is 2.04 bits per heavy atom. The Morgan fingerprint density at radius 3 is 2.72 bits per heavy atom. The summed E-state index contributed by atoms with van der Waals surface area (Å²) in [5.74, 6) is -0.809. The molecule has 0 bridgehead atoms. The number of carbonyl (C=O) groups excluding carboxylic acids is 2. The van der Waals surface area contributed by atoms with Crippen LogP contribution >= 0.6 is 23.4 Å².